The second-order valence-electron chi connectivity index (χ2n) is 8.49. The minimum absolute atomic E-state index is 0.0535. The van der Waals surface area contributed by atoms with Gasteiger partial charge in [0.15, 0.2) is 0 Å². The minimum atomic E-state index is -1.16. The number of hydrogen-bond donors (Lipinski definition) is 5. The number of carbonyl (C=O) groups is 4. The summed E-state index contributed by atoms with van der Waals surface area (Å²) in [5.41, 5.74) is 1.20. The summed E-state index contributed by atoms with van der Waals surface area (Å²) < 4.78 is 0. The molecule has 1 aromatic carbocycles. The summed E-state index contributed by atoms with van der Waals surface area (Å²) in [4.78, 5) is 49.9. The van der Waals surface area contributed by atoms with Crippen molar-refractivity contribution < 1.29 is 24.3 Å². The van der Waals surface area contributed by atoms with E-state index in [4.69, 9.17) is 0 Å². The molecule has 4 amide bonds. The fourth-order valence-electron chi connectivity index (χ4n) is 3.19. The zero-order chi connectivity index (χ0) is 25.7. The molecule has 0 fully saturated rings. The maximum Gasteiger partial charge on any atom is 0.326 e. The monoisotopic (exact) mass is 492 g/mol. The van der Waals surface area contributed by atoms with E-state index >= 15 is 0 Å². The van der Waals surface area contributed by atoms with Gasteiger partial charge in [0.05, 0.1) is 0 Å². The maximum absolute atomic E-state index is 13.0. The summed E-state index contributed by atoms with van der Waals surface area (Å²) in [5.74, 6) is -1.59. The molecular weight excluding hydrogens is 456 g/mol. The molecule has 9 nitrogen and oxygen atoms in total. The van der Waals surface area contributed by atoms with Crippen molar-refractivity contribution in [1.29, 1.82) is 0 Å². The Morgan fingerprint density at radius 1 is 0.971 bits per heavy atom. The summed E-state index contributed by atoms with van der Waals surface area (Å²) in [6, 6.07) is 5.46. The van der Waals surface area contributed by atoms with Gasteiger partial charge in [-0.2, -0.15) is 11.8 Å². The number of nitrogens with one attached hydrogen (secondary N) is 4. The van der Waals surface area contributed by atoms with Crippen LogP contribution < -0.4 is 21.3 Å². The van der Waals surface area contributed by atoms with Crippen molar-refractivity contribution in [2.24, 2.45) is 5.92 Å². The molecule has 0 bridgehead atoms. The molecule has 0 aliphatic heterocycles. The first-order valence-electron chi connectivity index (χ1n) is 11.1. The maximum atomic E-state index is 13.0. The van der Waals surface area contributed by atoms with Gasteiger partial charge in [0.25, 0.3) is 0 Å². The van der Waals surface area contributed by atoms with Crippen LogP contribution in [0.1, 0.15) is 39.2 Å². The van der Waals surface area contributed by atoms with Crippen LogP contribution in [0.2, 0.25) is 0 Å². The Bertz CT molecular complexity index is 847. The van der Waals surface area contributed by atoms with E-state index in [0.717, 1.165) is 5.56 Å². The van der Waals surface area contributed by atoms with Crippen LogP contribution in [-0.2, 0) is 20.8 Å². The number of aliphatic carboxylic acids is 1. The predicted molar refractivity (Wildman–Crippen MR) is 134 cm³/mol. The Balaban J connectivity index is 2.95. The van der Waals surface area contributed by atoms with E-state index in [1.165, 1.54) is 11.8 Å². The highest BCUT2D eigenvalue weighted by Gasteiger charge is 2.30. The van der Waals surface area contributed by atoms with Crippen LogP contribution in [0.25, 0.3) is 0 Å². The van der Waals surface area contributed by atoms with E-state index in [1.54, 1.807) is 31.2 Å². The van der Waals surface area contributed by atoms with Crippen LogP contribution >= 0.6 is 11.8 Å². The van der Waals surface area contributed by atoms with Gasteiger partial charge < -0.3 is 26.4 Å². The molecule has 0 radical (unpaired) electrons. The van der Waals surface area contributed by atoms with E-state index in [0.29, 0.717) is 24.3 Å². The minimum Gasteiger partial charge on any atom is -0.480 e. The van der Waals surface area contributed by atoms with E-state index < -0.39 is 41.9 Å². The first-order chi connectivity index (χ1) is 16.0. The summed E-state index contributed by atoms with van der Waals surface area (Å²) in [7, 11) is 0. The predicted octanol–water partition coefficient (Wildman–Crippen LogP) is 2.28. The van der Waals surface area contributed by atoms with Crippen molar-refractivity contribution in [3.05, 3.63) is 48.2 Å². The summed E-state index contributed by atoms with van der Waals surface area (Å²) in [6.07, 6.45) is 2.67. The summed E-state index contributed by atoms with van der Waals surface area (Å²) in [5, 5.41) is 20.0. The first-order valence-corrected chi connectivity index (χ1v) is 12.5. The third-order valence-electron chi connectivity index (χ3n) is 4.80. The smallest absolute Gasteiger partial charge is 0.326 e. The molecule has 0 unspecified atom stereocenters. The Hall–Kier alpha value is -3.01. The zero-order valence-corrected chi connectivity index (χ0v) is 21.0. The SMILES string of the molecule is C=C(C)NC(=O)N[C@@H](CCSC)C(=O)N[C@@H](CC(C)C)C(=O)N[C@@H](Cc1ccccc1)C(=O)O. The van der Waals surface area contributed by atoms with Crippen molar-refractivity contribution in [3.8, 4) is 0 Å². The lowest BCUT2D eigenvalue weighted by Crippen LogP contribution is -2.57. The van der Waals surface area contributed by atoms with Gasteiger partial charge >= 0.3 is 12.0 Å². The third-order valence-corrected chi connectivity index (χ3v) is 5.44. The molecule has 0 saturated carbocycles. The number of benzene rings is 1. The Morgan fingerprint density at radius 2 is 1.56 bits per heavy atom. The Labute approximate surface area is 205 Å². The van der Waals surface area contributed by atoms with Crippen molar-refractivity contribution in [3.63, 3.8) is 0 Å². The molecule has 0 heterocycles. The average Bonchev–Trinajstić information content (AvgIpc) is 2.75. The average molecular weight is 493 g/mol. The zero-order valence-electron chi connectivity index (χ0n) is 20.2. The number of rotatable bonds is 14. The van der Waals surface area contributed by atoms with Gasteiger partial charge in [0, 0.05) is 12.1 Å². The highest BCUT2D eigenvalue weighted by molar-refractivity contribution is 7.98. The van der Waals surface area contributed by atoms with Crippen LogP contribution in [0, 0.1) is 5.92 Å². The number of thioether (sulfide) groups is 1. The number of carbonyl (C=O) groups excluding carboxylic acids is 3. The number of urea groups is 1. The standard InChI is InChI=1S/C24H36N4O5S/c1-15(2)13-19(22(30)27-20(23(31)32)14-17-9-7-6-8-10-17)26-21(29)18(11-12-34-5)28-24(33)25-16(3)4/h6-10,15,18-20H,3,11-14H2,1-2,4-5H3,(H,26,29)(H,27,30)(H,31,32)(H2,25,28,33)/t18-,19-,20-/m0/s1. The fourth-order valence-corrected chi connectivity index (χ4v) is 3.66. The lowest BCUT2D eigenvalue weighted by atomic mass is 10.0. The van der Waals surface area contributed by atoms with Crippen molar-refractivity contribution >= 4 is 35.6 Å². The van der Waals surface area contributed by atoms with Gasteiger partial charge in [-0.15, -0.1) is 0 Å². The van der Waals surface area contributed by atoms with Crippen molar-refractivity contribution in [1.82, 2.24) is 21.3 Å². The molecule has 3 atom stereocenters. The van der Waals surface area contributed by atoms with Crippen LogP contribution in [-0.4, -0.2) is 59.1 Å². The summed E-state index contributed by atoms with van der Waals surface area (Å²) >= 11 is 1.52. The van der Waals surface area contributed by atoms with Gasteiger partial charge in [-0.3, -0.25) is 9.59 Å². The van der Waals surface area contributed by atoms with Crippen molar-refractivity contribution in [2.75, 3.05) is 12.0 Å². The van der Waals surface area contributed by atoms with Gasteiger partial charge in [-0.05, 0) is 43.3 Å². The quantitative estimate of drug-likeness (QED) is 0.270. The molecule has 1 aromatic rings. The molecule has 34 heavy (non-hydrogen) atoms. The van der Waals surface area contributed by atoms with E-state index in [9.17, 15) is 24.3 Å². The molecule has 1 rings (SSSR count). The largest absolute Gasteiger partial charge is 0.480 e. The fraction of sp³-hybridized carbons (Fsp3) is 0.500. The van der Waals surface area contributed by atoms with Crippen LogP contribution in [0.3, 0.4) is 0 Å². The summed E-state index contributed by atoms with van der Waals surface area (Å²) in [6.45, 7) is 9.02. The first kappa shape index (κ1) is 29.0. The highest BCUT2D eigenvalue weighted by Crippen LogP contribution is 2.09. The number of allylic oxidation sites excluding steroid dienone is 1. The number of carboxylic acids is 1. The topological polar surface area (TPSA) is 137 Å². The Morgan fingerprint density at radius 3 is 2.09 bits per heavy atom. The molecule has 0 spiro atoms. The van der Waals surface area contributed by atoms with Gasteiger partial charge in [0.1, 0.15) is 18.1 Å². The molecular formula is C24H36N4O5S. The molecule has 0 aliphatic rings. The molecule has 188 valence electrons. The molecule has 0 aliphatic carbocycles. The van der Waals surface area contributed by atoms with Gasteiger partial charge in [0.2, 0.25) is 11.8 Å². The second-order valence-corrected chi connectivity index (χ2v) is 9.48. The van der Waals surface area contributed by atoms with Crippen LogP contribution in [0.5, 0.6) is 0 Å². The molecule has 0 aromatic heterocycles. The van der Waals surface area contributed by atoms with Gasteiger partial charge in [-0.1, -0.05) is 50.8 Å². The van der Waals surface area contributed by atoms with Crippen LogP contribution in [0.15, 0.2) is 42.6 Å². The highest BCUT2D eigenvalue weighted by atomic mass is 32.2. The Kier molecular flexibility index (Phi) is 12.8. The van der Waals surface area contributed by atoms with E-state index in [2.05, 4.69) is 27.8 Å². The normalized spacial score (nSPS) is 13.3. The van der Waals surface area contributed by atoms with E-state index in [1.807, 2.05) is 26.2 Å². The van der Waals surface area contributed by atoms with Crippen molar-refractivity contribution in [2.45, 2.75) is 58.2 Å². The van der Waals surface area contributed by atoms with E-state index in [-0.39, 0.29) is 12.3 Å². The second kappa shape index (κ2) is 15.0. The lowest BCUT2D eigenvalue weighted by Gasteiger charge is -2.25. The number of carboxylic acid groups (broad SMARTS) is 1. The molecule has 10 heteroatoms. The number of hydrogen-bond acceptors (Lipinski definition) is 5. The van der Waals surface area contributed by atoms with Crippen LogP contribution in [0.4, 0.5) is 4.79 Å². The third kappa shape index (κ3) is 11.2. The molecule has 0 saturated heterocycles. The molecule has 5 N–H and O–H groups in total. The van der Waals surface area contributed by atoms with Gasteiger partial charge in [-0.25, -0.2) is 9.59 Å². The lowest BCUT2D eigenvalue weighted by molar-refractivity contribution is -0.142. The number of amides is 4.